The topological polar surface area (TPSA) is 309 Å². The third kappa shape index (κ3) is 22.2. The molecule has 0 fully saturated rings. The molecular weight excluding hydrogens is 576 g/mol. The number of aromatic hydroxyl groups is 1. The number of rotatable bonds is 12. The van der Waals surface area contributed by atoms with Gasteiger partial charge in [0.1, 0.15) is 29.7 Å². The molecule has 5 unspecified atom stereocenters. The van der Waals surface area contributed by atoms with Gasteiger partial charge in [0.05, 0.1) is 6.04 Å². The molecule has 0 aliphatic heterocycles. The monoisotopic (exact) mass is 624 g/mol. The van der Waals surface area contributed by atoms with E-state index in [1.54, 1.807) is 36.7 Å². The van der Waals surface area contributed by atoms with E-state index in [1.165, 1.54) is 19.1 Å². The number of hydrogen-bond acceptors (Lipinski definition) is 11. The Morgan fingerprint density at radius 1 is 0.750 bits per heavy atom. The Labute approximate surface area is 257 Å². The van der Waals surface area contributed by atoms with Crippen molar-refractivity contribution in [2.45, 2.75) is 78.0 Å². The highest BCUT2D eigenvalue weighted by Crippen LogP contribution is 2.10. The smallest absolute Gasteiger partial charge is 0.320 e. The van der Waals surface area contributed by atoms with E-state index in [1.807, 2.05) is 13.8 Å². The summed E-state index contributed by atoms with van der Waals surface area (Å²) in [6.45, 7) is 5.08. The van der Waals surface area contributed by atoms with Crippen molar-refractivity contribution in [2.24, 2.45) is 34.6 Å². The van der Waals surface area contributed by atoms with Crippen molar-refractivity contribution >= 4 is 29.6 Å². The van der Waals surface area contributed by atoms with E-state index in [0.717, 1.165) is 17.5 Å². The molecule has 15 heteroatoms. The van der Waals surface area contributed by atoms with Gasteiger partial charge in [-0.15, -0.1) is 0 Å². The van der Waals surface area contributed by atoms with Crippen LogP contribution < -0.4 is 28.7 Å². The van der Waals surface area contributed by atoms with Crippen LogP contribution >= 0.6 is 0 Å². The summed E-state index contributed by atoms with van der Waals surface area (Å²) in [6.07, 6.45) is 4.60. The molecule has 44 heavy (non-hydrogen) atoms. The largest absolute Gasteiger partial charge is 0.508 e. The number of carboxylic acids is 3. The summed E-state index contributed by atoms with van der Waals surface area (Å²) in [7, 11) is 0. The van der Waals surface area contributed by atoms with Crippen molar-refractivity contribution in [3.05, 3.63) is 59.9 Å². The lowest BCUT2D eigenvalue weighted by atomic mass is 10.0. The molecule has 0 spiro atoms. The number of nitrogens with two attached hydrogens (primary N) is 5. The highest BCUT2D eigenvalue weighted by molar-refractivity contribution is 5.87. The van der Waals surface area contributed by atoms with E-state index >= 15 is 0 Å². The number of hydrogen-bond donors (Lipinski definition) is 9. The molecule has 2 aromatic rings. The molecule has 1 aromatic heterocycles. The Morgan fingerprint density at radius 3 is 1.43 bits per heavy atom. The molecular formula is C29H48N6O9. The summed E-state index contributed by atoms with van der Waals surface area (Å²) in [5.41, 5.74) is 27.5. The van der Waals surface area contributed by atoms with Gasteiger partial charge in [0.2, 0.25) is 5.91 Å². The van der Waals surface area contributed by atoms with Gasteiger partial charge < -0.3 is 49.1 Å². The van der Waals surface area contributed by atoms with E-state index < -0.39 is 48.0 Å². The van der Waals surface area contributed by atoms with Gasteiger partial charge in [-0.2, -0.15) is 0 Å². The zero-order valence-electron chi connectivity index (χ0n) is 24.5. The predicted molar refractivity (Wildman–Crippen MR) is 165 cm³/mol. The zero-order chi connectivity index (χ0) is 33.7. The van der Waals surface area contributed by atoms with Crippen molar-refractivity contribution in [2.75, 3.05) is 0 Å². The first-order valence-electron chi connectivity index (χ1n) is 13.1. The van der Waals surface area contributed by atoms with Crippen LogP contribution in [-0.2, 0) is 36.8 Å². The lowest BCUT2D eigenvalue weighted by molar-refractivity contribution is -0.140. The van der Waals surface area contributed by atoms with Gasteiger partial charge in [-0.05, 0) is 61.1 Å². The number of ketones is 1. The standard InChI is InChI=1S/C9H11NO3.C8H10N2O2.C6H13NO2.C5H10N2O2.CH4/c10-8(9(12)13)5-6-1-3-7(11)4-2-6;9-7(8(11)12)5-6-1-3-10-4-2-6;1-3-4(2)5(7)6(8)9;1-3(8)4(6)2-5(7)9;/h1-4,8,11H,5,10H2,(H,12,13);1-4,7H,5,9H2,(H,11,12);4-5H,3,7H2,1-2H3,(H,8,9);4H,2,6H2,1H3,(H2,7,9);1H4. The molecule has 14 N–H and O–H groups in total. The number of primary amides is 1. The number of Topliss-reactive ketones (excluding diaryl/α,β-unsaturated/α-hetero) is 1. The molecule has 0 aliphatic carbocycles. The number of phenolic OH excluding ortho intramolecular Hbond substituents is 1. The Bertz CT molecular complexity index is 1130. The number of carbonyl (C=O) groups is 5. The summed E-state index contributed by atoms with van der Waals surface area (Å²) in [5, 5.41) is 34.3. The van der Waals surface area contributed by atoms with Crippen LogP contribution in [0.3, 0.4) is 0 Å². The molecule has 1 amide bonds. The highest BCUT2D eigenvalue weighted by atomic mass is 16.4. The predicted octanol–water partition coefficient (Wildman–Crippen LogP) is 0.241. The quantitative estimate of drug-likeness (QED) is 0.153. The Morgan fingerprint density at radius 2 is 1.16 bits per heavy atom. The first-order valence-corrected chi connectivity index (χ1v) is 13.1. The number of amides is 1. The zero-order valence-corrected chi connectivity index (χ0v) is 24.5. The molecule has 0 saturated carbocycles. The van der Waals surface area contributed by atoms with Crippen LogP contribution in [-0.4, -0.2) is 79.2 Å². The fourth-order valence-corrected chi connectivity index (χ4v) is 2.69. The van der Waals surface area contributed by atoms with Crippen molar-refractivity contribution in [3.8, 4) is 5.75 Å². The van der Waals surface area contributed by atoms with Gasteiger partial charge in [-0.25, -0.2) is 0 Å². The van der Waals surface area contributed by atoms with Crippen LogP contribution in [0.25, 0.3) is 0 Å². The summed E-state index contributed by atoms with van der Waals surface area (Å²) in [6, 6.07) is 6.69. The van der Waals surface area contributed by atoms with Gasteiger partial charge in [0.25, 0.3) is 0 Å². The molecule has 5 atom stereocenters. The van der Waals surface area contributed by atoms with E-state index in [9.17, 15) is 24.0 Å². The third-order valence-corrected chi connectivity index (χ3v) is 5.72. The number of nitrogens with zero attached hydrogens (tertiary/aromatic N) is 1. The third-order valence-electron chi connectivity index (χ3n) is 5.72. The van der Waals surface area contributed by atoms with Gasteiger partial charge in [-0.1, -0.05) is 39.8 Å². The second-order valence-electron chi connectivity index (χ2n) is 9.46. The lowest BCUT2D eigenvalue weighted by Gasteiger charge is -2.11. The maximum atomic E-state index is 10.4. The van der Waals surface area contributed by atoms with Gasteiger partial charge >= 0.3 is 17.9 Å². The van der Waals surface area contributed by atoms with Gasteiger partial charge in [0.15, 0.2) is 0 Å². The van der Waals surface area contributed by atoms with E-state index in [-0.39, 0.29) is 37.7 Å². The number of aliphatic carboxylic acids is 3. The van der Waals surface area contributed by atoms with Crippen molar-refractivity contribution in [1.82, 2.24) is 4.98 Å². The molecule has 0 aliphatic rings. The average molecular weight is 625 g/mol. The molecule has 1 heterocycles. The van der Waals surface area contributed by atoms with Crippen LogP contribution in [0, 0.1) is 5.92 Å². The minimum Gasteiger partial charge on any atom is -0.508 e. The highest BCUT2D eigenvalue weighted by Gasteiger charge is 2.17. The molecule has 0 radical (unpaired) electrons. The Balaban J connectivity index is -0.000000513. The average Bonchev–Trinajstić information content (AvgIpc) is 2.94. The van der Waals surface area contributed by atoms with Crippen LogP contribution in [0.4, 0.5) is 0 Å². The molecule has 0 bridgehead atoms. The minimum absolute atomic E-state index is 0. The van der Waals surface area contributed by atoms with Crippen LogP contribution in [0.2, 0.25) is 0 Å². The minimum atomic E-state index is -1.02. The second kappa shape index (κ2) is 24.0. The molecule has 1 aromatic carbocycles. The van der Waals surface area contributed by atoms with Gasteiger partial charge in [-0.3, -0.25) is 29.0 Å². The van der Waals surface area contributed by atoms with Crippen LogP contribution in [0.5, 0.6) is 5.75 Å². The Kier molecular flexibility index (Phi) is 24.1. The second-order valence-corrected chi connectivity index (χ2v) is 9.46. The van der Waals surface area contributed by atoms with E-state index in [2.05, 4.69) is 4.98 Å². The summed E-state index contributed by atoms with van der Waals surface area (Å²) in [4.78, 5) is 55.2. The van der Waals surface area contributed by atoms with Crippen molar-refractivity contribution in [3.63, 3.8) is 0 Å². The van der Waals surface area contributed by atoms with E-state index in [0.29, 0.717) is 6.42 Å². The lowest BCUT2D eigenvalue weighted by Crippen LogP contribution is -2.36. The number of aromatic nitrogens is 1. The summed E-state index contributed by atoms with van der Waals surface area (Å²) < 4.78 is 0. The molecule has 2 rings (SSSR count). The maximum absolute atomic E-state index is 10.4. The van der Waals surface area contributed by atoms with Crippen molar-refractivity contribution in [1.29, 1.82) is 0 Å². The number of pyridine rings is 1. The molecule has 15 nitrogen and oxygen atoms in total. The first-order chi connectivity index (χ1) is 19.9. The van der Waals surface area contributed by atoms with E-state index in [4.69, 9.17) is 49.1 Å². The SMILES string of the molecule is C.CC(=O)C(N)CC(N)=O.CCC(C)C(N)C(=O)O.NC(Cc1ccc(O)cc1)C(=O)O.NC(Cc1ccncc1)C(=O)O. The molecule has 0 saturated heterocycles. The maximum Gasteiger partial charge on any atom is 0.320 e. The molecule has 248 valence electrons. The number of carboxylic acid groups (broad SMARTS) is 3. The first kappa shape index (κ1) is 44.0. The normalized spacial score (nSPS) is 13.1. The van der Waals surface area contributed by atoms with Crippen molar-refractivity contribution < 1.29 is 44.4 Å². The van der Waals surface area contributed by atoms with Crippen LogP contribution in [0.1, 0.15) is 52.2 Å². The fourth-order valence-electron chi connectivity index (χ4n) is 2.69. The van der Waals surface area contributed by atoms with Gasteiger partial charge in [0, 0.05) is 18.8 Å². The number of phenols is 1. The summed E-state index contributed by atoms with van der Waals surface area (Å²) in [5.74, 6) is -3.44. The number of benzene rings is 1. The fraction of sp³-hybridized carbons (Fsp3) is 0.448. The Hall–Kier alpha value is -4.44. The summed E-state index contributed by atoms with van der Waals surface area (Å²) >= 11 is 0. The number of carbonyl (C=O) groups excluding carboxylic acids is 2. The van der Waals surface area contributed by atoms with Crippen LogP contribution in [0.15, 0.2) is 48.8 Å².